The van der Waals surface area contributed by atoms with Crippen molar-refractivity contribution in [1.82, 2.24) is 14.6 Å². The molecule has 1 aliphatic heterocycles. The maximum Gasteiger partial charge on any atom is 0.341 e. The number of carboxylic acid groups (broad SMARTS) is 1. The van der Waals surface area contributed by atoms with E-state index in [1.165, 1.54) is 24.0 Å². The van der Waals surface area contributed by atoms with E-state index >= 15 is 4.39 Å². The maximum absolute atomic E-state index is 15.5. The van der Waals surface area contributed by atoms with Gasteiger partial charge in [0.15, 0.2) is 0 Å². The Labute approximate surface area is 250 Å². The maximum atomic E-state index is 15.5. The highest BCUT2D eigenvalue weighted by molar-refractivity contribution is 6.01. The summed E-state index contributed by atoms with van der Waals surface area (Å²) in [6, 6.07) is 7.93. The molecule has 2 aromatic heterocycles. The minimum Gasteiger partial charge on any atom is -0.477 e. The summed E-state index contributed by atoms with van der Waals surface area (Å²) >= 11 is 0. The summed E-state index contributed by atoms with van der Waals surface area (Å²) < 4.78 is 79.1. The first-order valence-corrected chi connectivity index (χ1v) is 13.5. The van der Waals surface area contributed by atoms with E-state index in [1.807, 2.05) is 0 Å². The molecule has 5 aromatic rings. The molecule has 1 amide bonds. The van der Waals surface area contributed by atoms with Gasteiger partial charge in [0.2, 0.25) is 5.43 Å². The molecule has 1 N–H and O–H groups in total. The molecule has 0 aliphatic carbocycles. The van der Waals surface area contributed by atoms with E-state index in [4.69, 9.17) is 4.52 Å². The number of fused-ring (bicyclic) bond motifs is 1. The smallest absolute Gasteiger partial charge is 0.341 e. The minimum absolute atomic E-state index is 0.0244. The van der Waals surface area contributed by atoms with Crippen molar-refractivity contribution in [2.75, 3.05) is 31.1 Å². The third-order valence-electron chi connectivity index (χ3n) is 7.66. The molecule has 1 saturated heterocycles. The van der Waals surface area contributed by atoms with Crippen LogP contribution in [-0.4, -0.2) is 57.8 Å². The van der Waals surface area contributed by atoms with E-state index in [2.05, 4.69) is 5.16 Å². The van der Waals surface area contributed by atoms with Crippen molar-refractivity contribution in [3.63, 3.8) is 0 Å². The summed E-state index contributed by atoms with van der Waals surface area (Å²) in [6.07, 6.45) is 0.888. The fourth-order valence-corrected chi connectivity index (χ4v) is 5.43. The van der Waals surface area contributed by atoms with Gasteiger partial charge >= 0.3 is 5.97 Å². The van der Waals surface area contributed by atoms with E-state index < -0.39 is 57.5 Å². The van der Waals surface area contributed by atoms with Crippen LogP contribution in [0.3, 0.4) is 0 Å². The lowest BCUT2D eigenvalue weighted by Crippen LogP contribution is -2.49. The highest BCUT2D eigenvalue weighted by Crippen LogP contribution is 2.32. The summed E-state index contributed by atoms with van der Waals surface area (Å²) in [5, 5.41) is 12.9. The number of nitrogens with zero attached hydrogens (tertiary/aromatic N) is 4. The van der Waals surface area contributed by atoms with Crippen molar-refractivity contribution >= 4 is 28.5 Å². The third kappa shape index (κ3) is 5.07. The number of hydrogen-bond acceptors (Lipinski definition) is 6. The number of hydrogen-bond donors (Lipinski definition) is 1. The van der Waals surface area contributed by atoms with Gasteiger partial charge in [-0.15, -0.1) is 0 Å². The van der Waals surface area contributed by atoms with Crippen molar-refractivity contribution in [2.24, 2.45) is 0 Å². The molecule has 6 rings (SSSR count). The summed E-state index contributed by atoms with van der Waals surface area (Å²) in [4.78, 5) is 41.2. The minimum atomic E-state index is -1.62. The van der Waals surface area contributed by atoms with E-state index in [1.54, 1.807) is 4.90 Å². The number of carbonyl (C=O) groups is 2. The molecule has 1 aliphatic rings. The lowest BCUT2D eigenvalue weighted by atomic mass is 10.0. The molecule has 0 saturated carbocycles. The van der Waals surface area contributed by atoms with Gasteiger partial charge in [-0.25, -0.2) is 26.7 Å². The number of pyridine rings is 1. The molecule has 0 radical (unpaired) electrons. The molecule has 3 aromatic carbocycles. The van der Waals surface area contributed by atoms with Crippen molar-refractivity contribution < 1.29 is 41.2 Å². The zero-order chi connectivity index (χ0) is 32.2. The van der Waals surface area contributed by atoms with E-state index in [0.717, 1.165) is 41.1 Å². The topological polar surface area (TPSA) is 109 Å². The van der Waals surface area contributed by atoms with Gasteiger partial charge in [-0.2, -0.15) is 0 Å². The molecule has 230 valence electrons. The standard InChI is InChI=1S/C31H21F5N4O5/c1-15-26(28(37-45-15)27-19(33)3-2-4-20(27)34)30(42)39-9-7-38(8-10-39)25-13-24-17(12-22(25)36)29(41)18(31(43)44)14-40(24)23-6-5-16(32)11-21(23)35/h2-6,11-14H,7-10H2,1H3,(H,43,44). The summed E-state index contributed by atoms with van der Waals surface area (Å²) in [5.74, 6) is -6.83. The van der Waals surface area contributed by atoms with E-state index in [0.29, 0.717) is 6.07 Å². The fourth-order valence-electron chi connectivity index (χ4n) is 5.43. The third-order valence-corrected chi connectivity index (χ3v) is 7.66. The molecule has 0 atom stereocenters. The lowest BCUT2D eigenvalue weighted by molar-refractivity contribution is 0.0693. The number of aromatic carboxylic acids is 1. The van der Waals surface area contributed by atoms with Crippen molar-refractivity contribution in [3.05, 3.63) is 111 Å². The SMILES string of the molecule is Cc1onc(-c2c(F)cccc2F)c1C(=O)N1CCN(c2cc3c(cc2F)c(=O)c(C(=O)O)cn3-c2ccc(F)cc2F)CC1. The zero-order valence-electron chi connectivity index (χ0n) is 23.3. The summed E-state index contributed by atoms with van der Waals surface area (Å²) in [7, 11) is 0. The average Bonchev–Trinajstić information content (AvgIpc) is 3.37. The molecular weight excluding hydrogens is 603 g/mol. The number of aromatic nitrogens is 2. The molecule has 0 spiro atoms. The van der Waals surface area contributed by atoms with Crippen molar-refractivity contribution in [1.29, 1.82) is 0 Å². The van der Waals surface area contributed by atoms with Gasteiger partial charge in [-0.1, -0.05) is 11.2 Å². The van der Waals surface area contributed by atoms with Gasteiger partial charge in [0.05, 0.1) is 22.5 Å². The Morgan fingerprint density at radius 2 is 1.53 bits per heavy atom. The van der Waals surface area contributed by atoms with Crippen LogP contribution in [0.2, 0.25) is 0 Å². The Bertz CT molecular complexity index is 2070. The number of rotatable bonds is 5. The summed E-state index contributed by atoms with van der Waals surface area (Å²) in [6.45, 7) is 1.66. The number of anilines is 1. The second kappa shape index (κ2) is 11.2. The second-order valence-electron chi connectivity index (χ2n) is 10.3. The number of halogens is 5. The highest BCUT2D eigenvalue weighted by atomic mass is 19.1. The Hall–Kier alpha value is -5.53. The molecule has 45 heavy (non-hydrogen) atoms. The molecule has 0 bridgehead atoms. The van der Waals surface area contributed by atoms with Crippen LogP contribution in [0.25, 0.3) is 27.8 Å². The quantitative estimate of drug-likeness (QED) is 0.264. The van der Waals surface area contributed by atoms with Crippen LogP contribution in [-0.2, 0) is 0 Å². The number of carbonyl (C=O) groups excluding carboxylic acids is 1. The number of piperazine rings is 1. The van der Waals surface area contributed by atoms with Gasteiger partial charge in [-0.3, -0.25) is 9.59 Å². The number of benzene rings is 3. The lowest BCUT2D eigenvalue weighted by Gasteiger charge is -2.36. The van der Waals surface area contributed by atoms with Gasteiger partial charge in [0.25, 0.3) is 5.91 Å². The van der Waals surface area contributed by atoms with Gasteiger partial charge < -0.3 is 24.0 Å². The van der Waals surface area contributed by atoms with E-state index in [9.17, 15) is 37.1 Å². The molecular formula is C31H21F5N4O5. The second-order valence-corrected chi connectivity index (χ2v) is 10.3. The van der Waals surface area contributed by atoms with Crippen molar-refractivity contribution in [3.8, 4) is 16.9 Å². The van der Waals surface area contributed by atoms with Gasteiger partial charge in [-0.05, 0) is 43.3 Å². The van der Waals surface area contributed by atoms with Crippen LogP contribution in [0.1, 0.15) is 26.5 Å². The van der Waals surface area contributed by atoms with Crippen LogP contribution >= 0.6 is 0 Å². The van der Waals surface area contributed by atoms with E-state index in [-0.39, 0.29) is 65.5 Å². The van der Waals surface area contributed by atoms with Crippen LogP contribution < -0.4 is 10.3 Å². The first-order valence-electron chi connectivity index (χ1n) is 13.5. The number of amides is 1. The van der Waals surface area contributed by atoms with Crippen LogP contribution in [0.15, 0.2) is 64.0 Å². The first kappa shape index (κ1) is 29.5. The van der Waals surface area contributed by atoms with Crippen LogP contribution in [0.5, 0.6) is 0 Å². The Morgan fingerprint density at radius 3 is 2.18 bits per heavy atom. The van der Waals surface area contributed by atoms with Crippen LogP contribution in [0.4, 0.5) is 27.6 Å². The molecule has 9 nitrogen and oxygen atoms in total. The Balaban J connectivity index is 1.34. The normalized spacial score (nSPS) is 13.5. The summed E-state index contributed by atoms with van der Waals surface area (Å²) in [5.41, 5.74) is -3.00. The number of aryl methyl sites for hydroxylation is 1. The molecule has 14 heteroatoms. The monoisotopic (exact) mass is 624 g/mol. The zero-order valence-corrected chi connectivity index (χ0v) is 23.3. The predicted octanol–water partition coefficient (Wildman–Crippen LogP) is 5.31. The molecule has 0 unspecified atom stereocenters. The van der Waals surface area contributed by atoms with Gasteiger partial charge in [0, 0.05) is 43.8 Å². The first-order chi connectivity index (χ1) is 21.5. The largest absolute Gasteiger partial charge is 0.477 e. The van der Waals surface area contributed by atoms with Crippen molar-refractivity contribution in [2.45, 2.75) is 6.92 Å². The number of carboxylic acids is 1. The molecule has 3 heterocycles. The Kier molecular flexibility index (Phi) is 7.35. The van der Waals surface area contributed by atoms with Crippen LogP contribution in [0, 0.1) is 36.0 Å². The highest BCUT2D eigenvalue weighted by Gasteiger charge is 2.32. The fraction of sp³-hybridized carbons (Fsp3) is 0.161. The average molecular weight is 625 g/mol. The molecule has 1 fully saturated rings. The van der Waals surface area contributed by atoms with Gasteiger partial charge in [0.1, 0.15) is 51.7 Å². The predicted molar refractivity (Wildman–Crippen MR) is 151 cm³/mol. The Morgan fingerprint density at radius 1 is 0.867 bits per heavy atom.